The van der Waals surface area contributed by atoms with Crippen molar-refractivity contribution in [1.82, 2.24) is 9.97 Å². The molecule has 1 aliphatic heterocycles. The number of anilines is 1. The zero-order valence-electron chi connectivity index (χ0n) is 10.2. The van der Waals surface area contributed by atoms with Gasteiger partial charge < -0.3 is 10.0 Å². The van der Waals surface area contributed by atoms with Crippen LogP contribution in [0.1, 0.15) is 31.3 Å². The van der Waals surface area contributed by atoms with Crippen molar-refractivity contribution in [3.05, 3.63) is 17.6 Å². The van der Waals surface area contributed by atoms with E-state index in [2.05, 4.69) is 14.9 Å². The highest BCUT2D eigenvalue weighted by molar-refractivity contribution is 5.40. The van der Waals surface area contributed by atoms with Gasteiger partial charge in [-0.15, -0.1) is 0 Å². The number of hydrogen-bond donors (Lipinski definition) is 1. The van der Waals surface area contributed by atoms with Crippen LogP contribution >= 0.6 is 0 Å². The highest BCUT2D eigenvalue weighted by Gasteiger charge is 2.29. The fourth-order valence-corrected chi connectivity index (χ4v) is 2.27. The molecule has 16 heavy (non-hydrogen) atoms. The van der Waals surface area contributed by atoms with Crippen molar-refractivity contribution in [2.45, 2.75) is 39.2 Å². The average Bonchev–Trinajstić information content (AvgIpc) is 2.14. The van der Waals surface area contributed by atoms with Crippen molar-refractivity contribution in [3.63, 3.8) is 0 Å². The maximum atomic E-state index is 10.1. The molecule has 4 heteroatoms. The van der Waals surface area contributed by atoms with Gasteiger partial charge in [-0.1, -0.05) is 0 Å². The van der Waals surface area contributed by atoms with Gasteiger partial charge in [0.1, 0.15) is 11.6 Å². The van der Waals surface area contributed by atoms with Gasteiger partial charge in [0.05, 0.1) is 5.60 Å². The van der Waals surface area contributed by atoms with E-state index in [1.165, 1.54) is 0 Å². The molecular formula is C12H19N3O. The second-order valence-electron chi connectivity index (χ2n) is 4.94. The fraction of sp³-hybridized carbons (Fsp3) is 0.667. The number of β-amino-alcohol motifs (C(OH)–C–C–N with tert-alkyl or cyclic N) is 1. The predicted molar refractivity (Wildman–Crippen MR) is 63.6 cm³/mol. The van der Waals surface area contributed by atoms with Crippen molar-refractivity contribution in [2.24, 2.45) is 0 Å². The molecule has 1 atom stereocenters. The van der Waals surface area contributed by atoms with Crippen LogP contribution < -0.4 is 4.90 Å². The van der Waals surface area contributed by atoms with Gasteiger partial charge in [-0.3, -0.25) is 0 Å². The van der Waals surface area contributed by atoms with Gasteiger partial charge in [0.25, 0.3) is 0 Å². The standard InChI is InChI=1S/C12H19N3O/c1-9-7-11(14-10(2)13-9)15-6-4-5-12(3,16)8-15/h7,16H,4-6,8H2,1-3H3. The summed E-state index contributed by atoms with van der Waals surface area (Å²) in [5, 5.41) is 10.1. The molecule has 0 saturated carbocycles. The van der Waals surface area contributed by atoms with Crippen molar-refractivity contribution in [1.29, 1.82) is 0 Å². The minimum absolute atomic E-state index is 0.592. The first-order valence-corrected chi connectivity index (χ1v) is 5.76. The Balaban J connectivity index is 2.23. The predicted octanol–water partition coefficient (Wildman–Crippen LogP) is 1.44. The van der Waals surface area contributed by atoms with E-state index in [1.54, 1.807) is 0 Å². The summed E-state index contributed by atoms with van der Waals surface area (Å²) in [6.45, 7) is 7.38. The van der Waals surface area contributed by atoms with E-state index in [4.69, 9.17) is 0 Å². The molecule has 1 saturated heterocycles. The Bertz CT molecular complexity index is 370. The lowest BCUT2D eigenvalue weighted by molar-refractivity contribution is 0.0447. The number of hydrogen-bond acceptors (Lipinski definition) is 4. The largest absolute Gasteiger partial charge is 0.388 e. The van der Waals surface area contributed by atoms with Crippen LogP contribution in [0.15, 0.2) is 6.07 Å². The summed E-state index contributed by atoms with van der Waals surface area (Å²) in [5.74, 6) is 1.73. The Hall–Kier alpha value is -1.16. The molecule has 1 aromatic heterocycles. The Morgan fingerprint density at radius 3 is 2.75 bits per heavy atom. The maximum absolute atomic E-state index is 10.1. The van der Waals surface area contributed by atoms with E-state index in [-0.39, 0.29) is 0 Å². The summed E-state index contributed by atoms with van der Waals surface area (Å²) < 4.78 is 0. The first kappa shape index (κ1) is 11.3. The fourth-order valence-electron chi connectivity index (χ4n) is 2.27. The first-order valence-electron chi connectivity index (χ1n) is 5.76. The van der Waals surface area contributed by atoms with Crippen molar-refractivity contribution in [3.8, 4) is 0 Å². The third kappa shape index (κ3) is 2.50. The van der Waals surface area contributed by atoms with E-state index in [1.807, 2.05) is 26.8 Å². The molecule has 0 bridgehead atoms. The second-order valence-corrected chi connectivity index (χ2v) is 4.94. The van der Waals surface area contributed by atoms with Crippen LogP contribution in [0.4, 0.5) is 5.82 Å². The van der Waals surface area contributed by atoms with Crippen LogP contribution in [0.3, 0.4) is 0 Å². The van der Waals surface area contributed by atoms with E-state index in [0.717, 1.165) is 36.7 Å². The van der Waals surface area contributed by atoms with Crippen LogP contribution in [-0.4, -0.2) is 33.8 Å². The van der Waals surface area contributed by atoms with Crippen LogP contribution in [0.5, 0.6) is 0 Å². The minimum Gasteiger partial charge on any atom is -0.388 e. The van der Waals surface area contributed by atoms with E-state index in [9.17, 15) is 5.11 Å². The topological polar surface area (TPSA) is 49.2 Å². The molecule has 1 aliphatic rings. The molecule has 4 nitrogen and oxygen atoms in total. The van der Waals surface area contributed by atoms with Crippen molar-refractivity contribution < 1.29 is 5.11 Å². The Kier molecular flexibility index (Phi) is 2.84. The van der Waals surface area contributed by atoms with E-state index in [0.29, 0.717) is 6.54 Å². The lowest BCUT2D eigenvalue weighted by atomic mass is 9.95. The van der Waals surface area contributed by atoms with Gasteiger partial charge >= 0.3 is 0 Å². The van der Waals surface area contributed by atoms with Crippen LogP contribution in [0.2, 0.25) is 0 Å². The molecule has 2 heterocycles. The Labute approximate surface area is 96.3 Å². The number of aromatic nitrogens is 2. The highest BCUT2D eigenvalue weighted by Crippen LogP contribution is 2.24. The summed E-state index contributed by atoms with van der Waals surface area (Å²) in [5.41, 5.74) is 0.387. The molecule has 0 radical (unpaired) electrons. The normalized spacial score (nSPS) is 25.9. The summed E-state index contributed by atoms with van der Waals surface area (Å²) >= 11 is 0. The van der Waals surface area contributed by atoms with Gasteiger partial charge in [-0.2, -0.15) is 0 Å². The van der Waals surface area contributed by atoms with Crippen molar-refractivity contribution in [2.75, 3.05) is 18.0 Å². The zero-order chi connectivity index (χ0) is 11.8. The molecule has 0 aliphatic carbocycles. The molecule has 1 fully saturated rings. The van der Waals surface area contributed by atoms with E-state index < -0.39 is 5.60 Å². The van der Waals surface area contributed by atoms with Gasteiger partial charge in [0.2, 0.25) is 0 Å². The molecule has 88 valence electrons. The van der Waals surface area contributed by atoms with E-state index >= 15 is 0 Å². The Morgan fingerprint density at radius 1 is 1.38 bits per heavy atom. The molecule has 0 spiro atoms. The summed E-state index contributed by atoms with van der Waals surface area (Å²) in [7, 11) is 0. The number of piperidine rings is 1. The second kappa shape index (κ2) is 4.01. The first-order chi connectivity index (χ1) is 7.46. The molecule has 1 unspecified atom stereocenters. The zero-order valence-corrected chi connectivity index (χ0v) is 10.2. The molecule has 1 aromatic rings. The maximum Gasteiger partial charge on any atom is 0.132 e. The lowest BCUT2D eigenvalue weighted by Gasteiger charge is -2.37. The summed E-state index contributed by atoms with van der Waals surface area (Å²) in [6, 6.07) is 1.98. The van der Waals surface area contributed by atoms with Gasteiger partial charge in [-0.25, -0.2) is 9.97 Å². The summed E-state index contributed by atoms with van der Waals surface area (Å²) in [6.07, 6.45) is 1.88. The minimum atomic E-state index is -0.592. The molecular weight excluding hydrogens is 202 g/mol. The molecule has 2 rings (SSSR count). The van der Waals surface area contributed by atoms with Gasteiger partial charge in [0, 0.05) is 24.8 Å². The Morgan fingerprint density at radius 2 is 2.12 bits per heavy atom. The van der Waals surface area contributed by atoms with Crippen molar-refractivity contribution >= 4 is 5.82 Å². The quantitative estimate of drug-likeness (QED) is 0.779. The smallest absolute Gasteiger partial charge is 0.132 e. The van der Waals surface area contributed by atoms with Crippen LogP contribution in [0.25, 0.3) is 0 Å². The van der Waals surface area contributed by atoms with Crippen LogP contribution in [0, 0.1) is 13.8 Å². The highest BCUT2D eigenvalue weighted by atomic mass is 16.3. The SMILES string of the molecule is Cc1cc(N2CCCC(C)(O)C2)nc(C)n1. The number of nitrogens with zero attached hydrogens (tertiary/aromatic N) is 3. The lowest BCUT2D eigenvalue weighted by Crippen LogP contribution is -2.46. The third-order valence-corrected chi connectivity index (χ3v) is 2.95. The summed E-state index contributed by atoms with van der Waals surface area (Å²) in [4.78, 5) is 10.8. The number of aryl methyl sites for hydroxylation is 2. The van der Waals surface area contributed by atoms with Gasteiger partial charge in [0.15, 0.2) is 0 Å². The monoisotopic (exact) mass is 221 g/mol. The van der Waals surface area contributed by atoms with Gasteiger partial charge in [-0.05, 0) is 33.6 Å². The number of rotatable bonds is 1. The number of aliphatic hydroxyl groups is 1. The molecule has 0 aromatic carbocycles. The molecule has 0 amide bonds. The molecule has 1 N–H and O–H groups in total. The third-order valence-electron chi connectivity index (χ3n) is 2.95. The average molecular weight is 221 g/mol. The van der Waals surface area contributed by atoms with Crippen LogP contribution in [-0.2, 0) is 0 Å².